The Labute approximate surface area is 174 Å². The highest BCUT2D eigenvalue weighted by Crippen LogP contribution is 2.26. The van der Waals surface area contributed by atoms with E-state index in [0.717, 1.165) is 45.5 Å². The monoisotopic (exact) mass is 401 g/mol. The SMILES string of the molecule is CCCC(=O)Nc1ccc(-c2ccc(-c3cnc4cc(Cl)ccc4n3)cc2)cc1. The maximum atomic E-state index is 11.7. The molecule has 0 spiro atoms. The molecule has 5 heteroatoms. The number of nitrogens with zero attached hydrogens (tertiary/aromatic N) is 2. The molecule has 144 valence electrons. The molecule has 3 aromatic carbocycles. The lowest BCUT2D eigenvalue weighted by Crippen LogP contribution is -2.10. The summed E-state index contributed by atoms with van der Waals surface area (Å²) in [6.45, 7) is 1.99. The Morgan fingerprint density at radius 1 is 0.897 bits per heavy atom. The summed E-state index contributed by atoms with van der Waals surface area (Å²) in [6.07, 6.45) is 3.14. The van der Waals surface area contributed by atoms with E-state index < -0.39 is 0 Å². The first-order valence-electron chi connectivity index (χ1n) is 9.55. The summed E-state index contributed by atoms with van der Waals surface area (Å²) in [5, 5.41) is 3.56. The van der Waals surface area contributed by atoms with Gasteiger partial charge in [0.15, 0.2) is 0 Å². The van der Waals surface area contributed by atoms with E-state index >= 15 is 0 Å². The second kappa shape index (κ2) is 8.41. The standard InChI is InChI=1S/C24H20ClN3O/c1-2-3-24(29)27-20-11-8-17(9-12-20)16-4-6-18(7-5-16)23-15-26-22-14-19(25)10-13-21(22)28-23/h4-15H,2-3H2,1H3,(H,27,29). The number of carbonyl (C=O) groups excluding carboxylic acids is 1. The second-order valence-electron chi connectivity index (χ2n) is 6.84. The largest absolute Gasteiger partial charge is 0.326 e. The smallest absolute Gasteiger partial charge is 0.224 e. The molecule has 0 bridgehead atoms. The molecule has 4 aromatic rings. The molecule has 0 atom stereocenters. The molecule has 0 saturated heterocycles. The van der Waals surface area contributed by atoms with Crippen LogP contribution in [0.25, 0.3) is 33.4 Å². The molecule has 4 rings (SSSR count). The third-order valence-corrected chi connectivity index (χ3v) is 4.90. The first-order valence-corrected chi connectivity index (χ1v) is 9.93. The molecule has 0 fully saturated rings. The number of benzene rings is 3. The predicted molar refractivity (Wildman–Crippen MR) is 119 cm³/mol. The number of nitrogens with one attached hydrogen (secondary N) is 1. The number of halogens is 1. The van der Waals surface area contributed by atoms with Crippen LogP contribution in [0.15, 0.2) is 72.9 Å². The van der Waals surface area contributed by atoms with E-state index in [0.29, 0.717) is 11.4 Å². The molecule has 29 heavy (non-hydrogen) atoms. The summed E-state index contributed by atoms with van der Waals surface area (Å²) in [6, 6.07) is 21.6. The average Bonchev–Trinajstić information content (AvgIpc) is 2.74. The van der Waals surface area contributed by atoms with E-state index in [-0.39, 0.29) is 5.91 Å². The van der Waals surface area contributed by atoms with Crippen molar-refractivity contribution in [2.24, 2.45) is 0 Å². The fourth-order valence-electron chi connectivity index (χ4n) is 3.15. The van der Waals surface area contributed by atoms with Crippen LogP contribution in [0.5, 0.6) is 0 Å². The fourth-order valence-corrected chi connectivity index (χ4v) is 3.32. The van der Waals surface area contributed by atoms with E-state index in [4.69, 9.17) is 11.6 Å². The highest BCUT2D eigenvalue weighted by Gasteiger charge is 2.06. The zero-order valence-electron chi connectivity index (χ0n) is 16.0. The van der Waals surface area contributed by atoms with Gasteiger partial charge in [0.05, 0.1) is 22.9 Å². The van der Waals surface area contributed by atoms with E-state index in [1.807, 2.05) is 61.5 Å². The number of fused-ring (bicyclic) bond motifs is 1. The fraction of sp³-hybridized carbons (Fsp3) is 0.125. The Morgan fingerprint density at radius 3 is 2.24 bits per heavy atom. The number of amides is 1. The molecule has 1 amide bonds. The summed E-state index contributed by atoms with van der Waals surface area (Å²) in [4.78, 5) is 20.9. The van der Waals surface area contributed by atoms with Gasteiger partial charge in [-0.05, 0) is 47.9 Å². The van der Waals surface area contributed by atoms with Crippen molar-refractivity contribution in [2.75, 3.05) is 5.32 Å². The van der Waals surface area contributed by atoms with Crippen LogP contribution in [0.4, 0.5) is 5.69 Å². The first kappa shape index (κ1) is 19.1. The van der Waals surface area contributed by atoms with E-state index in [2.05, 4.69) is 27.4 Å². The number of hydrogen-bond donors (Lipinski definition) is 1. The molecule has 1 N–H and O–H groups in total. The van der Waals surface area contributed by atoms with Crippen molar-refractivity contribution in [1.82, 2.24) is 9.97 Å². The zero-order chi connectivity index (χ0) is 20.2. The van der Waals surface area contributed by atoms with Gasteiger partial charge in [0.25, 0.3) is 0 Å². The molecule has 0 unspecified atom stereocenters. The number of anilines is 1. The van der Waals surface area contributed by atoms with Gasteiger partial charge in [0.2, 0.25) is 5.91 Å². The van der Waals surface area contributed by atoms with Crippen LogP contribution in [0.3, 0.4) is 0 Å². The lowest BCUT2D eigenvalue weighted by molar-refractivity contribution is -0.116. The van der Waals surface area contributed by atoms with Crippen LogP contribution in [0.1, 0.15) is 19.8 Å². The van der Waals surface area contributed by atoms with Gasteiger partial charge in [0.1, 0.15) is 0 Å². The summed E-state index contributed by atoms with van der Waals surface area (Å²) in [5.74, 6) is 0.0448. The Morgan fingerprint density at radius 2 is 1.55 bits per heavy atom. The highest BCUT2D eigenvalue weighted by atomic mass is 35.5. The Kier molecular flexibility index (Phi) is 5.54. The lowest BCUT2D eigenvalue weighted by atomic mass is 10.0. The van der Waals surface area contributed by atoms with Crippen molar-refractivity contribution >= 4 is 34.2 Å². The summed E-state index contributed by atoms with van der Waals surface area (Å²) >= 11 is 6.01. The minimum Gasteiger partial charge on any atom is -0.326 e. The van der Waals surface area contributed by atoms with Crippen LogP contribution in [-0.4, -0.2) is 15.9 Å². The first-order chi connectivity index (χ1) is 14.1. The highest BCUT2D eigenvalue weighted by molar-refractivity contribution is 6.31. The summed E-state index contributed by atoms with van der Waals surface area (Å²) < 4.78 is 0. The molecular weight excluding hydrogens is 382 g/mol. The molecule has 0 aliphatic heterocycles. The van der Waals surface area contributed by atoms with Crippen LogP contribution in [-0.2, 0) is 4.79 Å². The van der Waals surface area contributed by atoms with Crippen molar-refractivity contribution in [2.45, 2.75) is 19.8 Å². The maximum Gasteiger partial charge on any atom is 0.224 e. The number of aromatic nitrogens is 2. The molecular formula is C24H20ClN3O. The third kappa shape index (κ3) is 4.44. The Bertz CT molecular complexity index is 1160. The number of hydrogen-bond acceptors (Lipinski definition) is 3. The molecule has 0 radical (unpaired) electrons. The second-order valence-corrected chi connectivity index (χ2v) is 7.28. The third-order valence-electron chi connectivity index (χ3n) is 4.66. The zero-order valence-corrected chi connectivity index (χ0v) is 16.8. The van der Waals surface area contributed by atoms with Gasteiger partial charge in [-0.1, -0.05) is 54.9 Å². The van der Waals surface area contributed by atoms with Crippen molar-refractivity contribution in [3.8, 4) is 22.4 Å². The van der Waals surface area contributed by atoms with Gasteiger partial charge in [-0.3, -0.25) is 9.78 Å². The van der Waals surface area contributed by atoms with Gasteiger partial charge < -0.3 is 5.32 Å². The van der Waals surface area contributed by atoms with Gasteiger partial charge in [-0.25, -0.2) is 4.98 Å². The number of carbonyl (C=O) groups is 1. The van der Waals surface area contributed by atoms with E-state index in [1.165, 1.54) is 0 Å². The Hall–Kier alpha value is -3.24. The molecule has 0 aliphatic rings. The van der Waals surface area contributed by atoms with Crippen LogP contribution < -0.4 is 5.32 Å². The normalized spacial score (nSPS) is 10.8. The summed E-state index contributed by atoms with van der Waals surface area (Å²) in [5.41, 5.74) is 6.42. The molecule has 1 heterocycles. The molecule has 4 nitrogen and oxygen atoms in total. The minimum absolute atomic E-state index is 0.0448. The van der Waals surface area contributed by atoms with Gasteiger partial charge >= 0.3 is 0 Å². The van der Waals surface area contributed by atoms with Crippen molar-refractivity contribution in [1.29, 1.82) is 0 Å². The van der Waals surface area contributed by atoms with Crippen molar-refractivity contribution in [3.05, 3.63) is 77.9 Å². The van der Waals surface area contributed by atoms with Gasteiger partial charge in [-0.2, -0.15) is 0 Å². The maximum absolute atomic E-state index is 11.7. The number of rotatable bonds is 5. The minimum atomic E-state index is 0.0448. The average molecular weight is 402 g/mol. The van der Waals surface area contributed by atoms with Crippen LogP contribution in [0, 0.1) is 0 Å². The quantitative estimate of drug-likeness (QED) is 0.423. The van der Waals surface area contributed by atoms with Gasteiger partial charge in [-0.15, -0.1) is 0 Å². The van der Waals surface area contributed by atoms with Gasteiger partial charge in [0, 0.05) is 22.7 Å². The van der Waals surface area contributed by atoms with Crippen molar-refractivity contribution in [3.63, 3.8) is 0 Å². The molecule has 0 saturated carbocycles. The molecule has 1 aromatic heterocycles. The van der Waals surface area contributed by atoms with Crippen LogP contribution >= 0.6 is 11.6 Å². The van der Waals surface area contributed by atoms with E-state index in [1.54, 1.807) is 6.20 Å². The molecule has 0 aliphatic carbocycles. The van der Waals surface area contributed by atoms with Crippen molar-refractivity contribution < 1.29 is 4.79 Å². The van der Waals surface area contributed by atoms with E-state index in [9.17, 15) is 4.79 Å². The topological polar surface area (TPSA) is 54.9 Å². The Balaban J connectivity index is 1.53. The lowest BCUT2D eigenvalue weighted by Gasteiger charge is -2.08. The van der Waals surface area contributed by atoms with Crippen LogP contribution in [0.2, 0.25) is 5.02 Å². The predicted octanol–water partition coefficient (Wildman–Crippen LogP) is 6.36. The summed E-state index contributed by atoms with van der Waals surface area (Å²) in [7, 11) is 0.